The molecule has 0 unspecified atom stereocenters. The van der Waals surface area contributed by atoms with Crippen LogP contribution in [0.5, 0.6) is 5.75 Å². The second kappa shape index (κ2) is 4.28. The van der Waals surface area contributed by atoms with Crippen molar-refractivity contribution in [1.29, 1.82) is 0 Å². The molecule has 0 aliphatic heterocycles. The van der Waals surface area contributed by atoms with Crippen molar-refractivity contribution < 1.29 is 17.9 Å². The van der Waals surface area contributed by atoms with Crippen molar-refractivity contribution in [2.75, 3.05) is 7.11 Å². The van der Waals surface area contributed by atoms with E-state index in [0.717, 1.165) is 6.07 Å². The van der Waals surface area contributed by atoms with E-state index in [9.17, 15) is 13.2 Å². The van der Waals surface area contributed by atoms with Gasteiger partial charge in [-0.3, -0.25) is 0 Å². The predicted molar refractivity (Wildman–Crippen MR) is 43.6 cm³/mol. The van der Waals surface area contributed by atoms with E-state index in [2.05, 4.69) is 9.72 Å². The first-order valence-corrected chi connectivity index (χ1v) is 3.81. The Morgan fingerprint density at radius 1 is 1.57 bits per heavy atom. The first kappa shape index (κ1) is 10.8. The maximum Gasteiger partial charge on any atom is 0.284 e. The molecular weight excluding hydrogens is 197 g/mol. The van der Waals surface area contributed by atoms with Gasteiger partial charge in [-0.1, -0.05) is 0 Å². The average molecular weight is 206 g/mol. The van der Waals surface area contributed by atoms with Crippen LogP contribution in [0.2, 0.25) is 0 Å². The van der Waals surface area contributed by atoms with Crippen LogP contribution in [0.3, 0.4) is 0 Å². The largest absolute Gasteiger partial charge is 0.495 e. The van der Waals surface area contributed by atoms with E-state index in [0.29, 0.717) is 0 Å². The van der Waals surface area contributed by atoms with Crippen LogP contribution < -0.4 is 10.5 Å². The van der Waals surface area contributed by atoms with Crippen molar-refractivity contribution >= 4 is 0 Å². The number of halogens is 3. The summed E-state index contributed by atoms with van der Waals surface area (Å²) in [6.07, 6.45) is -2.81. The first-order valence-electron chi connectivity index (χ1n) is 3.81. The van der Waals surface area contributed by atoms with Gasteiger partial charge in [0.2, 0.25) is 0 Å². The molecule has 0 saturated heterocycles. The summed E-state index contributed by atoms with van der Waals surface area (Å²) in [7, 11) is 1.17. The van der Waals surface area contributed by atoms with Crippen LogP contribution in [0.1, 0.15) is 17.8 Å². The minimum atomic E-state index is -2.81. The molecule has 0 amide bonds. The Kier molecular flexibility index (Phi) is 3.29. The van der Waals surface area contributed by atoms with Gasteiger partial charge in [-0.25, -0.2) is 18.2 Å². The van der Waals surface area contributed by atoms with Crippen LogP contribution in [0.25, 0.3) is 0 Å². The second-order valence-electron chi connectivity index (χ2n) is 2.51. The molecule has 3 nitrogen and oxygen atoms in total. The predicted octanol–water partition coefficient (Wildman–Crippen LogP) is 1.63. The van der Waals surface area contributed by atoms with Crippen molar-refractivity contribution in [1.82, 2.24) is 4.98 Å². The van der Waals surface area contributed by atoms with Gasteiger partial charge in [0.05, 0.1) is 12.8 Å². The average Bonchev–Trinajstić information content (AvgIpc) is 2.16. The summed E-state index contributed by atoms with van der Waals surface area (Å²) in [5, 5.41) is 0. The molecule has 78 valence electrons. The number of hydrogen-bond donors (Lipinski definition) is 1. The van der Waals surface area contributed by atoms with E-state index < -0.39 is 17.9 Å². The van der Waals surface area contributed by atoms with E-state index in [-0.39, 0.29) is 18.0 Å². The fraction of sp³-hybridized carbons (Fsp3) is 0.375. The Hall–Kier alpha value is -1.30. The Bertz CT molecular complexity index is 331. The fourth-order valence-electron chi connectivity index (χ4n) is 0.989. The quantitative estimate of drug-likeness (QED) is 0.817. The summed E-state index contributed by atoms with van der Waals surface area (Å²) < 4.78 is 42.3. The smallest absolute Gasteiger partial charge is 0.284 e. The standard InChI is InChI=1S/C8H9F3N2O/c1-14-6-2-4(9)5(3-12)13-7(6)8(10)11/h2,8H,3,12H2,1H3. The molecule has 0 bridgehead atoms. The Morgan fingerprint density at radius 3 is 2.64 bits per heavy atom. The second-order valence-corrected chi connectivity index (χ2v) is 2.51. The monoisotopic (exact) mass is 206 g/mol. The molecule has 0 aliphatic carbocycles. The minimum absolute atomic E-state index is 0.193. The minimum Gasteiger partial charge on any atom is -0.495 e. The fourth-order valence-corrected chi connectivity index (χ4v) is 0.989. The zero-order valence-electron chi connectivity index (χ0n) is 7.43. The lowest BCUT2D eigenvalue weighted by Crippen LogP contribution is -2.07. The first-order chi connectivity index (χ1) is 6.60. The van der Waals surface area contributed by atoms with Crippen LogP contribution >= 0.6 is 0 Å². The van der Waals surface area contributed by atoms with Crippen molar-refractivity contribution in [3.63, 3.8) is 0 Å². The Morgan fingerprint density at radius 2 is 2.21 bits per heavy atom. The molecule has 0 atom stereocenters. The van der Waals surface area contributed by atoms with Crippen molar-refractivity contribution in [3.8, 4) is 5.75 Å². The van der Waals surface area contributed by atoms with Gasteiger partial charge in [0.25, 0.3) is 6.43 Å². The number of pyridine rings is 1. The number of methoxy groups -OCH3 is 1. The zero-order valence-corrected chi connectivity index (χ0v) is 7.43. The molecule has 1 aromatic heterocycles. The lowest BCUT2D eigenvalue weighted by Gasteiger charge is -2.08. The highest BCUT2D eigenvalue weighted by Gasteiger charge is 2.18. The number of ether oxygens (including phenoxy) is 1. The van der Waals surface area contributed by atoms with Crippen LogP contribution in [0.15, 0.2) is 6.07 Å². The molecular formula is C8H9F3N2O. The van der Waals surface area contributed by atoms with Gasteiger partial charge in [-0.05, 0) is 0 Å². The highest BCUT2D eigenvalue weighted by atomic mass is 19.3. The molecule has 0 aliphatic rings. The van der Waals surface area contributed by atoms with Gasteiger partial charge >= 0.3 is 0 Å². The van der Waals surface area contributed by atoms with Gasteiger partial charge in [-0.15, -0.1) is 0 Å². The number of nitrogens with zero attached hydrogens (tertiary/aromatic N) is 1. The Labute approximate surface area is 78.7 Å². The topological polar surface area (TPSA) is 48.1 Å². The summed E-state index contributed by atoms with van der Waals surface area (Å²) in [5.74, 6) is -1.01. The van der Waals surface area contributed by atoms with E-state index in [1.54, 1.807) is 0 Å². The number of alkyl halides is 2. The molecule has 0 fully saturated rings. The maximum absolute atomic E-state index is 13.0. The summed E-state index contributed by atoms with van der Waals surface area (Å²) >= 11 is 0. The molecule has 14 heavy (non-hydrogen) atoms. The summed E-state index contributed by atoms with van der Waals surface area (Å²) in [5.41, 5.74) is 4.34. The van der Waals surface area contributed by atoms with Crippen molar-refractivity contribution in [2.24, 2.45) is 5.73 Å². The SMILES string of the molecule is COc1cc(F)c(CN)nc1C(F)F. The molecule has 0 aromatic carbocycles. The van der Waals surface area contributed by atoms with Gasteiger partial charge < -0.3 is 10.5 Å². The molecule has 1 heterocycles. The van der Waals surface area contributed by atoms with Crippen LogP contribution in [0, 0.1) is 5.82 Å². The van der Waals surface area contributed by atoms with Gasteiger partial charge in [0.15, 0.2) is 0 Å². The highest BCUT2D eigenvalue weighted by Crippen LogP contribution is 2.28. The van der Waals surface area contributed by atoms with Gasteiger partial charge in [0.1, 0.15) is 17.3 Å². The molecule has 2 N–H and O–H groups in total. The lowest BCUT2D eigenvalue weighted by molar-refractivity contribution is 0.140. The third-order valence-corrected chi connectivity index (χ3v) is 1.66. The molecule has 0 radical (unpaired) electrons. The van der Waals surface area contributed by atoms with Gasteiger partial charge in [0, 0.05) is 12.6 Å². The number of aromatic nitrogens is 1. The zero-order chi connectivity index (χ0) is 10.7. The number of rotatable bonds is 3. The number of nitrogens with two attached hydrogens (primary N) is 1. The lowest BCUT2D eigenvalue weighted by atomic mass is 10.2. The molecule has 1 aromatic rings. The van der Waals surface area contributed by atoms with Crippen LogP contribution in [-0.4, -0.2) is 12.1 Å². The summed E-state index contributed by atoms with van der Waals surface area (Å²) in [6, 6.07) is 0.858. The third kappa shape index (κ3) is 1.95. The van der Waals surface area contributed by atoms with Crippen LogP contribution in [0.4, 0.5) is 13.2 Å². The highest BCUT2D eigenvalue weighted by molar-refractivity contribution is 5.31. The normalized spacial score (nSPS) is 10.7. The van der Waals surface area contributed by atoms with Crippen LogP contribution in [-0.2, 0) is 6.54 Å². The van der Waals surface area contributed by atoms with Crippen molar-refractivity contribution in [3.05, 3.63) is 23.3 Å². The van der Waals surface area contributed by atoms with E-state index in [4.69, 9.17) is 5.73 Å². The van der Waals surface area contributed by atoms with E-state index >= 15 is 0 Å². The Balaban J connectivity index is 3.25. The third-order valence-electron chi connectivity index (χ3n) is 1.66. The van der Waals surface area contributed by atoms with E-state index in [1.165, 1.54) is 7.11 Å². The van der Waals surface area contributed by atoms with Crippen molar-refractivity contribution in [2.45, 2.75) is 13.0 Å². The van der Waals surface area contributed by atoms with E-state index in [1.807, 2.05) is 0 Å². The van der Waals surface area contributed by atoms with Gasteiger partial charge in [-0.2, -0.15) is 0 Å². The molecule has 0 spiro atoms. The molecule has 0 saturated carbocycles. The molecule has 6 heteroatoms. The summed E-state index contributed by atoms with van der Waals surface area (Å²) in [4.78, 5) is 3.39. The number of hydrogen-bond acceptors (Lipinski definition) is 3. The summed E-state index contributed by atoms with van der Waals surface area (Å²) in [6.45, 7) is -0.227. The maximum atomic E-state index is 13.0. The molecule has 1 rings (SSSR count).